The molecule has 0 saturated heterocycles. The molecule has 2 rings (SSSR count). The van der Waals surface area contributed by atoms with Gasteiger partial charge in [0.1, 0.15) is 5.82 Å². The Kier molecular flexibility index (Phi) is 1.40. The van der Waals surface area contributed by atoms with E-state index in [1.165, 1.54) is 6.07 Å². The highest BCUT2D eigenvalue weighted by Crippen LogP contribution is 2.23. The summed E-state index contributed by atoms with van der Waals surface area (Å²) in [5.74, 6) is 0.596. The summed E-state index contributed by atoms with van der Waals surface area (Å²) >= 11 is 0. The molecule has 0 unspecified atom stereocenters. The molecule has 0 saturated carbocycles. The van der Waals surface area contributed by atoms with Gasteiger partial charge in [0.05, 0.1) is 5.54 Å². The van der Waals surface area contributed by atoms with Crippen molar-refractivity contribution < 1.29 is 0 Å². The van der Waals surface area contributed by atoms with Crippen molar-refractivity contribution in [3.05, 3.63) is 26.9 Å². The Bertz CT molecular complexity index is 455. The highest BCUT2D eigenvalue weighted by Gasteiger charge is 2.30. The summed E-state index contributed by atoms with van der Waals surface area (Å²) in [5.41, 5.74) is -0.977. The molecule has 13 heavy (non-hydrogen) atoms. The highest BCUT2D eigenvalue weighted by atomic mass is 16.2. The summed E-state index contributed by atoms with van der Waals surface area (Å²) in [6.07, 6.45) is 0. The van der Waals surface area contributed by atoms with Crippen LogP contribution in [0.15, 0.2) is 15.7 Å². The van der Waals surface area contributed by atoms with E-state index in [4.69, 9.17) is 0 Å². The largest absolute Gasteiger partial charge is 0.369 e. The summed E-state index contributed by atoms with van der Waals surface area (Å²) in [7, 11) is 0. The van der Waals surface area contributed by atoms with Crippen LogP contribution in [-0.4, -0.2) is 16.1 Å². The van der Waals surface area contributed by atoms with Crippen LogP contribution in [0.25, 0.3) is 0 Å². The van der Waals surface area contributed by atoms with Crippen LogP contribution in [0.3, 0.4) is 0 Å². The lowest BCUT2D eigenvalue weighted by Gasteiger charge is -2.18. The second kappa shape index (κ2) is 2.25. The third-order valence-electron chi connectivity index (χ3n) is 2.25. The number of nitrogens with zero attached hydrogens (tertiary/aromatic N) is 1. The summed E-state index contributed by atoms with van der Waals surface area (Å²) in [4.78, 5) is 24.6. The summed E-state index contributed by atoms with van der Waals surface area (Å²) in [6, 6.07) is 1.40. The molecule has 1 aromatic rings. The summed E-state index contributed by atoms with van der Waals surface area (Å²) in [5, 5.41) is 3.02. The maximum atomic E-state index is 11.4. The molecular weight excluding hydrogens is 170 g/mol. The molecule has 1 aliphatic rings. The summed E-state index contributed by atoms with van der Waals surface area (Å²) < 4.78 is 1.56. The number of aromatic amines is 1. The molecule has 0 bridgehead atoms. The Morgan fingerprint density at radius 2 is 2.15 bits per heavy atom. The van der Waals surface area contributed by atoms with Crippen molar-refractivity contribution >= 4 is 5.82 Å². The molecular formula is C8H11N3O2. The second-order valence-corrected chi connectivity index (χ2v) is 3.83. The van der Waals surface area contributed by atoms with E-state index in [-0.39, 0.29) is 16.8 Å². The molecule has 0 fully saturated rings. The number of hydrogen-bond acceptors (Lipinski definition) is 3. The first-order valence-corrected chi connectivity index (χ1v) is 4.11. The zero-order valence-corrected chi connectivity index (χ0v) is 7.55. The molecule has 0 aromatic carbocycles. The predicted octanol–water partition coefficient (Wildman–Crippen LogP) is -0.303. The van der Waals surface area contributed by atoms with Crippen LogP contribution < -0.4 is 16.6 Å². The summed E-state index contributed by atoms with van der Waals surface area (Å²) in [6.45, 7) is 4.55. The molecule has 1 aromatic heterocycles. The van der Waals surface area contributed by atoms with Gasteiger partial charge in [-0.25, -0.2) is 4.79 Å². The van der Waals surface area contributed by atoms with Gasteiger partial charge < -0.3 is 5.32 Å². The van der Waals surface area contributed by atoms with Gasteiger partial charge in [0.2, 0.25) is 0 Å². The zero-order valence-electron chi connectivity index (χ0n) is 7.55. The highest BCUT2D eigenvalue weighted by molar-refractivity contribution is 5.40. The molecule has 70 valence electrons. The van der Waals surface area contributed by atoms with Gasteiger partial charge in [0.25, 0.3) is 5.56 Å². The normalized spacial score (nSPS) is 18.0. The van der Waals surface area contributed by atoms with E-state index >= 15 is 0 Å². The fraction of sp³-hybridized carbons (Fsp3) is 0.500. The first-order valence-electron chi connectivity index (χ1n) is 4.11. The van der Waals surface area contributed by atoms with Crippen LogP contribution in [0.2, 0.25) is 0 Å². The smallest absolute Gasteiger partial charge is 0.330 e. The average Bonchev–Trinajstić information content (AvgIpc) is 2.26. The maximum absolute atomic E-state index is 11.4. The Labute approximate surface area is 74.4 Å². The number of H-pyrrole nitrogens is 1. The van der Waals surface area contributed by atoms with E-state index in [1.807, 2.05) is 13.8 Å². The fourth-order valence-corrected chi connectivity index (χ4v) is 1.61. The number of nitrogens with one attached hydrogen (secondary N) is 2. The molecule has 1 aliphatic heterocycles. The van der Waals surface area contributed by atoms with Gasteiger partial charge in [-0.3, -0.25) is 14.3 Å². The van der Waals surface area contributed by atoms with Crippen LogP contribution in [0.5, 0.6) is 0 Å². The van der Waals surface area contributed by atoms with Crippen molar-refractivity contribution in [2.45, 2.75) is 19.4 Å². The molecule has 5 heteroatoms. The topological polar surface area (TPSA) is 66.9 Å². The lowest BCUT2D eigenvalue weighted by molar-refractivity contribution is 0.398. The quantitative estimate of drug-likeness (QED) is 0.577. The van der Waals surface area contributed by atoms with Crippen LogP contribution in [-0.2, 0) is 5.54 Å². The van der Waals surface area contributed by atoms with Crippen molar-refractivity contribution in [2.24, 2.45) is 0 Å². The lowest BCUT2D eigenvalue weighted by Crippen LogP contribution is -2.38. The average molecular weight is 181 g/mol. The first kappa shape index (κ1) is 8.10. The van der Waals surface area contributed by atoms with E-state index in [2.05, 4.69) is 10.3 Å². The van der Waals surface area contributed by atoms with E-state index in [0.29, 0.717) is 12.4 Å². The molecule has 2 heterocycles. The van der Waals surface area contributed by atoms with Gasteiger partial charge in [-0.2, -0.15) is 0 Å². The van der Waals surface area contributed by atoms with E-state index in [1.54, 1.807) is 4.57 Å². The predicted molar refractivity (Wildman–Crippen MR) is 49.1 cm³/mol. The number of anilines is 1. The van der Waals surface area contributed by atoms with Crippen molar-refractivity contribution in [3.63, 3.8) is 0 Å². The third kappa shape index (κ3) is 1.07. The minimum absolute atomic E-state index is 0.267. The van der Waals surface area contributed by atoms with Gasteiger partial charge in [0, 0.05) is 12.6 Å². The number of rotatable bonds is 0. The standard InChI is InChI=1S/C8H11N3O2/c1-8(2)4-9-5-3-6(12)10-7(13)11(5)8/h3,9H,4H2,1-2H3,(H,10,12,13). The van der Waals surface area contributed by atoms with Crippen molar-refractivity contribution in [2.75, 3.05) is 11.9 Å². The van der Waals surface area contributed by atoms with Gasteiger partial charge >= 0.3 is 5.69 Å². The first-order chi connectivity index (χ1) is 6.00. The molecule has 0 spiro atoms. The third-order valence-corrected chi connectivity index (χ3v) is 2.25. The van der Waals surface area contributed by atoms with Crippen LogP contribution in [0, 0.1) is 0 Å². The number of aromatic nitrogens is 2. The van der Waals surface area contributed by atoms with Gasteiger partial charge in [-0.05, 0) is 13.8 Å². The molecule has 5 nitrogen and oxygen atoms in total. The van der Waals surface area contributed by atoms with E-state index < -0.39 is 0 Å². The monoisotopic (exact) mass is 181 g/mol. The van der Waals surface area contributed by atoms with Gasteiger partial charge in [-0.15, -0.1) is 0 Å². The van der Waals surface area contributed by atoms with Crippen molar-refractivity contribution in [3.8, 4) is 0 Å². The van der Waals surface area contributed by atoms with Crippen molar-refractivity contribution in [1.29, 1.82) is 0 Å². The van der Waals surface area contributed by atoms with Gasteiger partial charge in [-0.1, -0.05) is 0 Å². The Balaban J connectivity index is 2.80. The number of fused-ring (bicyclic) bond motifs is 1. The van der Waals surface area contributed by atoms with E-state index in [9.17, 15) is 9.59 Å². The Morgan fingerprint density at radius 1 is 1.46 bits per heavy atom. The SMILES string of the molecule is CC1(C)CNc2cc(=O)[nH]c(=O)n21. The fourth-order valence-electron chi connectivity index (χ4n) is 1.61. The minimum Gasteiger partial charge on any atom is -0.369 e. The molecule has 0 aliphatic carbocycles. The Hall–Kier alpha value is -1.52. The van der Waals surface area contributed by atoms with Crippen molar-refractivity contribution in [1.82, 2.24) is 9.55 Å². The molecule has 0 atom stereocenters. The molecule has 0 radical (unpaired) electrons. The maximum Gasteiger partial charge on any atom is 0.330 e. The van der Waals surface area contributed by atoms with Crippen LogP contribution >= 0.6 is 0 Å². The van der Waals surface area contributed by atoms with Crippen LogP contribution in [0.1, 0.15) is 13.8 Å². The minimum atomic E-state index is -0.360. The lowest BCUT2D eigenvalue weighted by atomic mass is 10.1. The van der Waals surface area contributed by atoms with E-state index in [0.717, 1.165) is 0 Å². The van der Waals surface area contributed by atoms with Gasteiger partial charge in [0.15, 0.2) is 0 Å². The molecule has 0 amide bonds. The zero-order chi connectivity index (χ0) is 9.64. The number of hydrogen-bond donors (Lipinski definition) is 2. The second-order valence-electron chi connectivity index (χ2n) is 3.83. The van der Waals surface area contributed by atoms with Crippen LogP contribution in [0.4, 0.5) is 5.82 Å². The Morgan fingerprint density at radius 3 is 2.85 bits per heavy atom. The molecule has 2 N–H and O–H groups in total.